The summed E-state index contributed by atoms with van der Waals surface area (Å²) in [6.45, 7) is 0. The van der Waals surface area contributed by atoms with Crippen LogP contribution in [-0.2, 0) is 0 Å². The van der Waals surface area contributed by atoms with Crippen molar-refractivity contribution in [3.63, 3.8) is 0 Å². The Kier molecular flexibility index (Phi) is 3.84. The third-order valence-corrected chi connectivity index (χ3v) is 0.686. The van der Waals surface area contributed by atoms with Crippen LogP contribution in [0.3, 0.4) is 0 Å². The number of H-pyrrole nitrogens is 2. The number of hydrogen-bond acceptors (Lipinski definition) is 2. The maximum atomic E-state index is 10.2. The summed E-state index contributed by atoms with van der Waals surface area (Å²) in [5.74, 6) is 0. The first kappa shape index (κ1) is 8.94. The molecule has 1 aromatic heterocycles. The summed E-state index contributed by atoms with van der Waals surface area (Å²) in [5, 5.41) is 0. The van der Waals surface area contributed by atoms with E-state index in [4.69, 9.17) is 0 Å². The second-order valence-electron chi connectivity index (χ2n) is 1.30. The number of rotatable bonds is 0. The molecule has 9 heavy (non-hydrogen) atoms. The molecule has 44 valence electrons. The van der Waals surface area contributed by atoms with Crippen molar-refractivity contribution in [2.45, 2.75) is 0 Å². The van der Waals surface area contributed by atoms with Gasteiger partial charge in [-0.3, -0.25) is 9.78 Å². The van der Waals surface area contributed by atoms with E-state index >= 15 is 0 Å². The van der Waals surface area contributed by atoms with Crippen molar-refractivity contribution in [1.82, 2.24) is 9.97 Å². The van der Waals surface area contributed by atoms with Crippen LogP contribution >= 0.6 is 0 Å². The van der Waals surface area contributed by atoms with E-state index in [2.05, 4.69) is 4.98 Å². The minimum absolute atomic E-state index is 0. The predicted molar refractivity (Wildman–Crippen MR) is 33.4 cm³/mol. The van der Waals surface area contributed by atoms with Crippen LogP contribution in [0, 0.1) is 0 Å². The minimum atomic E-state index is -0.475. The van der Waals surface area contributed by atoms with Crippen molar-refractivity contribution < 1.29 is 0 Å². The fourth-order valence-corrected chi connectivity index (χ4v) is 0.383. The fraction of sp³-hybridized carbons (Fsp3) is 0. The van der Waals surface area contributed by atoms with Gasteiger partial charge >= 0.3 is 5.69 Å². The van der Waals surface area contributed by atoms with Gasteiger partial charge in [-0.25, -0.2) is 4.79 Å². The number of aromatic nitrogens is 2. The van der Waals surface area contributed by atoms with E-state index in [1.54, 1.807) is 0 Å². The smallest absolute Gasteiger partial charge is 0.314 e. The average molecular weight is 152 g/mol. The summed E-state index contributed by atoms with van der Waals surface area (Å²) in [4.78, 5) is 24.7. The standard InChI is InChI=1S/C4H4N2O2.Ca/c7-3-1-2-5-4(8)6-3;/h1-2H,(H2,5,6,7,8);. The first-order chi connectivity index (χ1) is 3.79. The second kappa shape index (κ2) is 3.87. The molecule has 0 amide bonds. The van der Waals surface area contributed by atoms with Crippen LogP contribution in [0.4, 0.5) is 0 Å². The van der Waals surface area contributed by atoms with E-state index in [9.17, 15) is 9.59 Å². The molecule has 0 aliphatic heterocycles. The zero-order valence-electron chi connectivity index (χ0n) is 4.68. The van der Waals surface area contributed by atoms with Crippen LogP contribution in [-0.4, -0.2) is 47.7 Å². The van der Waals surface area contributed by atoms with E-state index in [1.807, 2.05) is 4.98 Å². The third kappa shape index (κ3) is 2.84. The summed E-state index contributed by atoms with van der Waals surface area (Å²) >= 11 is 0. The van der Waals surface area contributed by atoms with E-state index in [0.717, 1.165) is 0 Å². The Bertz CT molecular complexity index is 251. The molecule has 0 spiro atoms. The summed E-state index contributed by atoms with van der Waals surface area (Å²) in [6.07, 6.45) is 1.29. The third-order valence-electron chi connectivity index (χ3n) is 0.686. The average Bonchev–Trinajstić information content (AvgIpc) is 1.64. The molecule has 0 fully saturated rings. The van der Waals surface area contributed by atoms with E-state index in [0.29, 0.717) is 0 Å². The second-order valence-corrected chi connectivity index (χ2v) is 1.30. The molecule has 1 heterocycles. The Morgan fingerprint density at radius 2 is 2.00 bits per heavy atom. The zero-order chi connectivity index (χ0) is 5.98. The maximum absolute atomic E-state index is 10.2. The van der Waals surface area contributed by atoms with Crippen molar-refractivity contribution >= 4 is 37.7 Å². The molecular formula is C4H4CaN2O2. The van der Waals surface area contributed by atoms with E-state index in [-0.39, 0.29) is 43.3 Å². The van der Waals surface area contributed by atoms with E-state index in [1.165, 1.54) is 12.3 Å². The zero-order valence-corrected chi connectivity index (χ0v) is 6.89. The molecule has 5 heteroatoms. The normalized spacial score (nSPS) is 8.00. The SMILES string of the molecule is O=c1cc[nH]c(=O)[nH]1.[Ca]. The van der Waals surface area contributed by atoms with Gasteiger partial charge in [-0.2, -0.15) is 0 Å². The van der Waals surface area contributed by atoms with E-state index < -0.39 is 5.69 Å². The van der Waals surface area contributed by atoms with Crippen LogP contribution < -0.4 is 11.2 Å². The Morgan fingerprint density at radius 3 is 2.33 bits per heavy atom. The number of nitrogens with one attached hydrogen (secondary N) is 2. The Hall–Kier alpha value is -0.0603. The first-order valence-electron chi connectivity index (χ1n) is 2.07. The molecule has 0 atom stereocenters. The molecule has 0 saturated carbocycles. The van der Waals surface area contributed by atoms with Crippen molar-refractivity contribution in [3.05, 3.63) is 33.1 Å². The molecule has 2 N–H and O–H groups in total. The molecule has 0 unspecified atom stereocenters. The van der Waals surface area contributed by atoms with Gasteiger partial charge in [0.25, 0.3) is 5.56 Å². The van der Waals surface area contributed by atoms with Crippen LogP contribution in [0.2, 0.25) is 0 Å². The largest absolute Gasteiger partial charge is 0.325 e. The van der Waals surface area contributed by atoms with Gasteiger partial charge in [0.2, 0.25) is 0 Å². The topological polar surface area (TPSA) is 65.7 Å². The Balaban J connectivity index is 0.000000640. The van der Waals surface area contributed by atoms with Crippen LogP contribution in [0.25, 0.3) is 0 Å². The van der Waals surface area contributed by atoms with Gasteiger partial charge < -0.3 is 4.98 Å². The van der Waals surface area contributed by atoms with Crippen LogP contribution in [0.15, 0.2) is 21.9 Å². The molecule has 0 bridgehead atoms. The van der Waals surface area contributed by atoms with Gasteiger partial charge in [-0.15, -0.1) is 0 Å². The number of hydrogen-bond donors (Lipinski definition) is 2. The van der Waals surface area contributed by atoms with Crippen molar-refractivity contribution in [1.29, 1.82) is 0 Å². The first-order valence-corrected chi connectivity index (χ1v) is 2.07. The molecule has 2 radical (unpaired) electrons. The summed E-state index contributed by atoms with van der Waals surface area (Å²) in [5.41, 5.74) is -0.855. The van der Waals surface area contributed by atoms with Crippen LogP contribution in [0.5, 0.6) is 0 Å². The van der Waals surface area contributed by atoms with Crippen LogP contribution in [0.1, 0.15) is 0 Å². The Morgan fingerprint density at radius 1 is 1.33 bits per heavy atom. The summed E-state index contributed by atoms with van der Waals surface area (Å²) in [6, 6.07) is 1.24. The fourth-order valence-electron chi connectivity index (χ4n) is 0.383. The minimum Gasteiger partial charge on any atom is -0.314 e. The monoisotopic (exact) mass is 152 g/mol. The maximum Gasteiger partial charge on any atom is 0.325 e. The Labute approximate surface area is 80.3 Å². The number of aromatic amines is 2. The molecule has 0 saturated heterocycles. The summed E-state index contributed by atoms with van der Waals surface area (Å²) in [7, 11) is 0. The van der Waals surface area contributed by atoms with Crippen molar-refractivity contribution in [2.24, 2.45) is 0 Å². The van der Waals surface area contributed by atoms with Gasteiger partial charge in [0.1, 0.15) is 0 Å². The summed E-state index contributed by atoms with van der Waals surface area (Å²) < 4.78 is 0. The molecule has 0 aromatic carbocycles. The predicted octanol–water partition coefficient (Wildman–Crippen LogP) is -1.32. The van der Waals surface area contributed by atoms with Gasteiger partial charge in [-0.1, -0.05) is 0 Å². The molecule has 0 aliphatic rings. The molecular weight excluding hydrogens is 148 g/mol. The van der Waals surface area contributed by atoms with Gasteiger partial charge in [0.15, 0.2) is 0 Å². The quantitative estimate of drug-likeness (QED) is 0.453. The molecule has 4 nitrogen and oxygen atoms in total. The molecule has 0 aliphatic carbocycles. The molecule has 1 rings (SSSR count). The molecule has 1 aromatic rings. The van der Waals surface area contributed by atoms with Crippen molar-refractivity contribution in [2.75, 3.05) is 0 Å². The van der Waals surface area contributed by atoms with Gasteiger partial charge in [-0.05, 0) is 0 Å². The van der Waals surface area contributed by atoms with Crippen molar-refractivity contribution in [3.8, 4) is 0 Å². The van der Waals surface area contributed by atoms with Gasteiger partial charge in [0.05, 0.1) is 0 Å². The van der Waals surface area contributed by atoms with Gasteiger partial charge in [0, 0.05) is 50.0 Å².